The first-order valence-electron chi connectivity index (χ1n) is 7.89. The quantitative estimate of drug-likeness (QED) is 0.682. The summed E-state index contributed by atoms with van der Waals surface area (Å²) < 4.78 is 2.15. The highest BCUT2D eigenvalue weighted by atomic mass is 35.5. The number of aromatic nitrogens is 2. The van der Waals surface area contributed by atoms with Crippen molar-refractivity contribution in [2.45, 2.75) is 58.9 Å². The lowest BCUT2D eigenvalue weighted by molar-refractivity contribution is 0.636. The standard InChI is InChI=1S/C18H25ClN2/c1-5-15(19)18-16(6-2)20-21(17(18)7-3)12-14-11-9-8-10-13(14)4/h8-11,15H,5-7,12H2,1-4H3. The third-order valence-corrected chi connectivity index (χ3v) is 4.62. The van der Waals surface area contributed by atoms with E-state index in [2.05, 4.69) is 56.6 Å². The molecule has 3 heteroatoms. The first-order chi connectivity index (χ1) is 10.1. The molecule has 0 bridgehead atoms. The molecule has 2 aromatic rings. The van der Waals surface area contributed by atoms with Gasteiger partial charge in [0.25, 0.3) is 0 Å². The van der Waals surface area contributed by atoms with Crippen LogP contribution >= 0.6 is 11.6 Å². The number of nitrogens with zero attached hydrogens (tertiary/aromatic N) is 2. The maximum Gasteiger partial charge on any atom is 0.0671 e. The van der Waals surface area contributed by atoms with E-state index in [0.29, 0.717) is 0 Å². The van der Waals surface area contributed by atoms with E-state index in [1.165, 1.54) is 22.4 Å². The molecule has 21 heavy (non-hydrogen) atoms. The highest BCUT2D eigenvalue weighted by Crippen LogP contribution is 2.31. The van der Waals surface area contributed by atoms with Crippen LogP contribution < -0.4 is 0 Å². The second-order valence-electron chi connectivity index (χ2n) is 5.47. The third kappa shape index (κ3) is 3.32. The fourth-order valence-corrected chi connectivity index (χ4v) is 3.10. The SMILES string of the molecule is CCc1nn(Cc2ccccc2C)c(CC)c1C(Cl)CC. The van der Waals surface area contributed by atoms with Crippen LogP contribution in [0.15, 0.2) is 24.3 Å². The summed E-state index contributed by atoms with van der Waals surface area (Å²) in [5, 5.41) is 4.91. The highest BCUT2D eigenvalue weighted by Gasteiger charge is 2.21. The minimum atomic E-state index is 0.0699. The Morgan fingerprint density at radius 3 is 2.43 bits per heavy atom. The molecule has 0 saturated heterocycles. The molecule has 0 spiro atoms. The van der Waals surface area contributed by atoms with Crippen LogP contribution in [0.2, 0.25) is 0 Å². The topological polar surface area (TPSA) is 17.8 Å². The third-order valence-electron chi connectivity index (χ3n) is 4.10. The zero-order valence-electron chi connectivity index (χ0n) is 13.5. The second kappa shape index (κ2) is 7.13. The predicted molar refractivity (Wildman–Crippen MR) is 90.1 cm³/mol. The van der Waals surface area contributed by atoms with Crippen LogP contribution in [-0.4, -0.2) is 9.78 Å². The van der Waals surface area contributed by atoms with Crippen LogP contribution in [0.4, 0.5) is 0 Å². The molecule has 1 aromatic heterocycles. The number of hydrogen-bond donors (Lipinski definition) is 0. The van der Waals surface area contributed by atoms with Gasteiger partial charge in [0.05, 0.1) is 17.6 Å². The minimum absolute atomic E-state index is 0.0699. The summed E-state index contributed by atoms with van der Waals surface area (Å²) in [5.41, 5.74) is 6.34. The molecular formula is C18H25ClN2. The van der Waals surface area contributed by atoms with Crippen LogP contribution in [0.1, 0.15) is 60.6 Å². The molecular weight excluding hydrogens is 280 g/mol. The molecule has 2 rings (SSSR count). The van der Waals surface area contributed by atoms with Crippen molar-refractivity contribution in [3.63, 3.8) is 0 Å². The summed E-state index contributed by atoms with van der Waals surface area (Å²) in [7, 11) is 0. The first-order valence-corrected chi connectivity index (χ1v) is 8.32. The zero-order valence-corrected chi connectivity index (χ0v) is 14.2. The number of benzene rings is 1. The molecule has 0 amide bonds. The molecule has 2 nitrogen and oxygen atoms in total. The Labute approximate surface area is 133 Å². The summed E-state index contributed by atoms with van der Waals surface area (Å²) in [5.74, 6) is 0. The molecule has 0 saturated carbocycles. The monoisotopic (exact) mass is 304 g/mol. The molecule has 1 atom stereocenters. The van der Waals surface area contributed by atoms with Gasteiger partial charge in [0, 0.05) is 11.3 Å². The van der Waals surface area contributed by atoms with Gasteiger partial charge in [0.1, 0.15) is 0 Å². The van der Waals surface area contributed by atoms with Gasteiger partial charge in [0.15, 0.2) is 0 Å². The normalized spacial score (nSPS) is 12.6. The van der Waals surface area contributed by atoms with Crippen LogP contribution in [0, 0.1) is 6.92 Å². The van der Waals surface area contributed by atoms with Crippen molar-refractivity contribution in [2.24, 2.45) is 0 Å². The van der Waals surface area contributed by atoms with Crippen molar-refractivity contribution in [3.05, 3.63) is 52.3 Å². The molecule has 0 fully saturated rings. The summed E-state index contributed by atoms with van der Waals surface area (Å²) in [4.78, 5) is 0. The van der Waals surface area contributed by atoms with Crippen molar-refractivity contribution in [1.82, 2.24) is 9.78 Å². The van der Waals surface area contributed by atoms with Crippen molar-refractivity contribution < 1.29 is 0 Å². The smallest absolute Gasteiger partial charge is 0.0671 e. The van der Waals surface area contributed by atoms with Crippen LogP contribution in [0.5, 0.6) is 0 Å². The van der Waals surface area contributed by atoms with Crippen molar-refractivity contribution in [1.29, 1.82) is 0 Å². The molecule has 0 aliphatic heterocycles. The number of rotatable bonds is 6. The molecule has 114 valence electrons. The lowest BCUT2D eigenvalue weighted by Gasteiger charge is -2.12. The number of hydrogen-bond acceptors (Lipinski definition) is 1. The van der Waals surface area contributed by atoms with E-state index in [0.717, 1.165) is 31.5 Å². The van der Waals surface area contributed by atoms with Crippen molar-refractivity contribution in [3.8, 4) is 0 Å². The Morgan fingerprint density at radius 1 is 1.14 bits per heavy atom. The maximum absolute atomic E-state index is 6.55. The minimum Gasteiger partial charge on any atom is -0.265 e. The van der Waals surface area contributed by atoms with Gasteiger partial charge < -0.3 is 0 Å². The molecule has 0 aliphatic carbocycles. The van der Waals surface area contributed by atoms with E-state index in [-0.39, 0.29) is 5.38 Å². The molecule has 1 aromatic carbocycles. The van der Waals surface area contributed by atoms with E-state index in [1.807, 2.05) is 0 Å². The fraction of sp³-hybridized carbons (Fsp3) is 0.500. The summed E-state index contributed by atoms with van der Waals surface area (Å²) in [6, 6.07) is 8.51. The van der Waals surface area contributed by atoms with Gasteiger partial charge in [-0.1, -0.05) is 45.0 Å². The van der Waals surface area contributed by atoms with Crippen molar-refractivity contribution in [2.75, 3.05) is 0 Å². The average molecular weight is 305 g/mol. The van der Waals surface area contributed by atoms with Crippen LogP contribution in [0.25, 0.3) is 0 Å². The predicted octanol–water partition coefficient (Wildman–Crippen LogP) is 5.05. The summed E-state index contributed by atoms with van der Waals surface area (Å²) in [6.07, 6.45) is 2.85. The van der Waals surface area contributed by atoms with E-state index in [4.69, 9.17) is 16.7 Å². The first kappa shape index (κ1) is 16.1. The van der Waals surface area contributed by atoms with Crippen LogP contribution in [-0.2, 0) is 19.4 Å². The zero-order chi connectivity index (χ0) is 15.4. The summed E-state index contributed by atoms with van der Waals surface area (Å²) in [6.45, 7) is 9.46. The van der Waals surface area contributed by atoms with Gasteiger partial charge in [0.2, 0.25) is 0 Å². The Morgan fingerprint density at radius 2 is 1.86 bits per heavy atom. The molecule has 1 heterocycles. The largest absolute Gasteiger partial charge is 0.265 e. The van der Waals surface area contributed by atoms with E-state index in [9.17, 15) is 0 Å². The van der Waals surface area contributed by atoms with Gasteiger partial charge in [-0.25, -0.2) is 0 Å². The van der Waals surface area contributed by atoms with Crippen LogP contribution in [0.3, 0.4) is 0 Å². The number of aryl methyl sites for hydroxylation is 2. The fourth-order valence-electron chi connectivity index (χ4n) is 2.84. The Balaban J connectivity index is 2.44. The molecule has 1 unspecified atom stereocenters. The van der Waals surface area contributed by atoms with Gasteiger partial charge in [-0.3, -0.25) is 4.68 Å². The van der Waals surface area contributed by atoms with Gasteiger partial charge >= 0.3 is 0 Å². The highest BCUT2D eigenvalue weighted by molar-refractivity contribution is 6.21. The van der Waals surface area contributed by atoms with Crippen molar-refractivity contribution >= 4 is 11.6 Å². The van der Waals surface area contributed by atoms with Gasteiger partial charge in [-0.15, -0.1) is 11.6 Å². The second-order valence-corrected chi connectivity index (χ2v) is 6.00. The number of alkyl halides is 1. The Kier molecular flexibility index (Phi) is 5.46. The number of halogens is 1. The molecule has 0 radical (unpaired) electrons. The van der Waals surface area contributed by atoms with E-state index < -0.39 is 0 Å². The summed E-state index contributed by atoms with van der Waals surface area (Å²) >= 11 is 6.55. The van der Waals surface area contributed by atoms with Gasteiger partial charge in [-0.2, -0.15) is 5.10 Å². The molecule has 0 aliphatic rings. The lowest BCUT2D eigenvalue weighted by atomic mass is 10.0. The molecule has 0 N–H and O–H groups in total. The van der Waals surface area contributed by atoms with E-state index >= 15 is 0 Å². The van der Waals surface area contributed by atoms with E-state index in [1.54, 1.807) is 0 Å². The Hall–Kier alpha value is -1.28. The Bertz CT molecular complexity index is 601. The average Bonchev–Trinajstić information content (AvgIpc) is 2.86. The maximum atomic E-state index is 6.55. The van der Waals surface area contributed by atoms with Gasteiger partial charge in [-0.05, 0) is 37.3 Å². The lowest BCUT2D eigenvalue weighted by Crippen LogP contribution is -2.08.